The summed E-state index contributed by atoms with van der Waals surface area (Å²) in [4.78, 5) is 26.0. The Morgan fingerprint density at radius 1 is 0.941 bits per heavy atom. The van der Waals surface area contributed by atoms with E-state index in [4.69, 9.17) is 18.9 Å². The maximum atomic E-state index is 14.4. The molecule has 0 aliphatic heterocycles. The lowest BCUT2D eigenvalue weighted by Crippen LogP contribution is -2.41. The zero-order valence-corrected chi connectivity index (χ0v) is 20.3. The molecule has 0 unspecified atom stereocenters. The molecule has 182 valence electrons. The minimum atomic E-state index is -0.584. The van der Waals surface area contributed by atoms with Crippen LogP contribution in [0.15, 0.2) is 30.3 Å². The molecule has 0 saturated carbocycles. The number of carbonyl (C=O) groups excluding carboxylic acids is 2. The molecule has 0 fully saturated rings. The predicted molar refractivity (Wildman–Crippen MR) is 127 cm³/mol. The van der Waals surface area contributed by atoms with Crippen molar-refractivity contribution < 1.29 is 32.9 Å². The number of hydrazine groups is 1. The number of methoxy groups -OCH3 is 1. The fourth-order valence-corrected chi connectivity index (χ4v) is 4.51. The normalized spacial score (nSPS) is 10.7. The first-order chi connectivity index (χ1) is 16.4. The molecule has 34 heavy (non-hydrogen) atoms. The lowest BCUT2D eigenvalue weighted by atomic mass is 10.1. The minimum Gasteiger partial charge on any atom is -0.490 e. The number of fused-ring (bicyclic) bond motifs is 1. The van der Waals surface area contributed by atoms with Crippen molar-refractivity contribution >= 4 is 33.2 Å². The molecule has 3 aromatic rings. The van der Waals surface area contributed by atoms with Gasteiger partial charge in [-0.05, 0) is 45.0 Å². The van der Waals surface area contributed by atoms with Crippen LogP contribution in [-0.4, -0.2) is 38.7 Å². The predicted octanol–water partition coefficient (Wildman–Crippen LogP) is 4.46. The summed E-state index contributed by atoms with van der Waals surface area (Å²) < 4.78 is 37.1. The maximum absolute atomic E-state index is 14.4. The highest BCUT2D eigenvalue weighted by Gasteiger charge is 2.22. The summed E-state index contributed by atoms with van der Waals surface area (Å²) in [6.07, 6.45) is 0. The van der Waals surface area contributed by atoms with Gasteiger partial charge in [-0.2, -0.15) is 0 Å². The van der Waals surface area contributed by atoms with Crippen LogP contribution < -0.4 is 25.1 Å². The fraction of sp³-hybridized carbons (Fsp3) is 0.333. The number of hydrogen-bond donors (Lipinski definition) is 2. The van der Waals surface area contributed by atoms with E-state index in [1.165, 1.54) is 25.3 Å². The number of hydrogen-bond acceptors (Lipinski definition) is 7. The molecule has 2 aromatic carbocycles. The number of carbonyl (C=O) groups is 2. The van der Waals surface area contributed by atoms with E-state index >= 15 is 0 Å². The minimum absolute atomic E-state index is 0.0476. The number of rotatable bonds is 10. The van der Waals surface area contributed by atoms with Crippen LogP contribution in [0.4, 0.5) is 4.39 Å². The largest absolute Gasteiger partial charge is 0.490 e. The first-order valence-electron chi connectivity index (χ1n) is 10.8. The molecule has 2 N–H and O–H groups in total. The van der Waals surface area contributed by atoms with Gasteiger partial charge in [0.15, 0.2) is 11.5 Å². The summed E-state index contributed by atoms with van der Waals surface area (Å²) in [5.74, 6) is -0.488. The van der Waals surface area contributed by atoms with Gasteiger partial charge in [0.05, 0.1) is 26.4 Å². The Balaban J connectivity index is 1.85. The van der Waals surface area contributed by atoms with Gasteiger partial charge < -0.3 is 18.9 Å². The number of halogens is 1. The average Bonchev–Trinajstić information content (AvgIpc) is 3.19. The molecule has 0 saturated heterocycles. The summed E-state index contributed by atoms with van der Waals surface area (Å²) in [5, 5.41) is 0.333. The number of nitrogens with one attached hydrogen (secondary N) is 2. The Kier molecular flexibility index (Phi) is 8.67. The van der Waals surface area contributed by atoms with Crippen molar-refractivity contribution in [1.82, 2.24) is 10.9 Å². The zero-order valence-electron chi connectivity index (χ0n) is 19.5. The lowest BCUT2D eigenvalue weighted by Gasteiger charge is -2.17. The summed E-state index contributed by atoms with van der Waals surface area (Å²) >= 11 is 1.12. The quantitative estimate of drug-likeness (QED) is 0.408. The first kappa shape index (κ1) is 25.3. The molecule has 8 nitrogen and oxygen atoms in total. The number of amides is 2. The van der Waals surface area contributed by atoms with Gasteiger partial charge in [0.1, 0.15) is 10.7 Å². The summed E-state index contributed by atoms with van der Waals surface area (Å²) in [5.41, 5.74) is 5.42. The molecule has 0 aliphatic carbocycles. The maximum Gasteiger partial charge on any atom is 0.280 e. The molecular formula is C24H27FN2O6S. The third-order valence-corrected chi connectivity index (χ3v) is 5.92. The van der Waals surface area contributed by atoms with Gasteiger partial charge in [-0.1, -0.05) is 6.07 Å². The van der Waals surface area contributed by atoms with Crippen LogP contribution in [0.3, 0.4) is 0 Å². The van der Waals surface area contributed by atoms with Crippen molar-refractivity contribution in [3.8, 4) is 17.2 Å². The molecule has 2 amide bonds. The van der Waals surface area contributed by atoms with Crippen LogP contribution in [0.25, 0.3) is 10.1 Å². The standard InChI is InChI=1S/C24H27FN2O6S/c1-5-31-17-11-14(12-18(32-6-2)21(17)33-7-3)23(28)26-27-24(29)22-15(13-30-4)20-16(25)9-8-10-19(20)34-22/h8-12H,5-7,13H2,1-4H3,(H,26,28)(H,27,29). The van der Waals surface area contributed by atoms with E-state index in [0.717, 1.165) is 11.3 Å². The van der Waals surface area contributed by atoms with Gasteiger partial charge in [0.25, 0.3) is 11.8 Å². The molecule has 10 heteroatoms. The molecule has 0 radical (unpaired) electrons. The van der Waals surface area contributed by atoms with Crippen molar-refractivity contribution in [2.45, 2.75) is 27.4 Å². The Bertz CT molecular complexity index is 1150. The number of thiophene rings is 1. The van der Waals surface area contributed by atoms with Crippen molar-refractivity contribution in [3.63, 3.8) is 0 Å². The van der Waals surface area contributed by atoms with Crippen molar-refractivity contribution in [3.05, 3.63) is 52.2 Å². The monoisotopic (exact) mass is 490 g/mol. The van der Waals surface area contributed by atoms with E-state index in [1.807, 2.05) is 20.8 Å². The van der Waals surface area contributed by atoms with E-state index in [-0.39, 0.29) is 17.0 Å². The van der Waals surface area contributed by atoms with Crippen LogP contribution in [-0.2, 0) is 11.3 Å². The first-order valence-corrected chi connectivity index (χ1v) is 11.6. The second-order valence-electron chi connectivity index (χ2n) is 6.96. The fourth-order valence-electron chi connectivity index (χ4n) is 3.40. The number of benzene rings is 2. The highest BCUT2D eigenvalue weighted by Crippen LogP contribution is 2.39. The van der Waals surface area contributed by atoms with E-state index < -0.39 is 17.6 Å². The van der Waals surface area contributed by atoms with E-state index in [9.17, 15) is 14.0 Å². The highest BCUT2D eigenvalue weighted by atomic mass is 32.1. The molecule has 1 heterocycles. The average molecular weight is 491 g/mol. The van der Waals surface area contributed by atoms with Crippen molar-refractivity contribution in [2.24, 2.45) is 0 Å². The zero-order chi connectivity index (χ0) is 24.7. The second-order valence-corrected chi connectivity index (χ2v) is 8.02. The topological polar surface area (TPSA) is 95.1 Å². The van der Waals surface area contributed by atoms with Gasteiger partial charge in [-0.25, -0.2) is 4.39 Å². The van der Waals surface area contributed by atoms with Crippen LogP contribution in [0.5, 0.6) is 17.2 Å². The van der Waals surface area contributed by atoms with Crippen LogP contribution in [0.2, 0.25) is 0 Å². The molecule has 0 atom stereocenters. The lowest BCUT2D eigenvalue weighted by molar-refractivity contribution is 0.0846. The molecule has 0 aliphatic rings. The summed E-state index contributed by atoms with van der Waals surface area (Å²) in [6, 6.07) is 7.66. The van der Waals surface area contributed by atoms with Crippen molar-refractivity contribution in [2.75, 3.05) is 26.9 Å². The van der Waals surface area contributed by atoms with Crippen molar-refractivity contribution in [1.29, 1.82) is 0 Å². The van der Waals surface area contributed by atoms with E-state index in [1.54, 1.807) is 12.1 Å². The molecule has 0 spiro atoms. The van der Waals surface area contributed by atoms with Gasteiger partial charge >= 0.3 is 0 Å². The summed E-state index contributed by atoms with van der Waals surface area (Å²) in [6.45, 7) is 6.62. The van der Waals surface area contributed by atoms with Gasteiger partial charge in [0.2, 0.25) is 5.75 Å². The van der Waals surface area contributed by atoms with E-state index in [0.29, 0.717) is 52.7 Å². The summed E-state index contributed by atoms with van der Waals surface area (Å²) in [7, 11) is 1.46. The van der Waals surface area contributed by atoms with E-state index in [2.05, 4.69) is 10.9 Å². The smallest absolute Gasteiger partial charge is 0.280 e. The molecule has 1 aromatic heterocycles. The third-order valence-electron chi connectivity index (χ3n) is 4.72. The second kappa shape index (κ2) is 11.7. The Hall–Kier alpha value is -3.37. The molecule has 0 bridgehead atoms. The van der Waals surface area contributed by atoms with Crippen LogP contribution >= 0.6 is 11.3 Å². The molecular weight excluding hydrogens is 463 g/mol. The number of ether oxygens (including phenoxy) is 4. The Labute approximate surface area is 200 Å². The van der Waals surface area contributed by atoms with Gasteiger partial charge in [-0.15, -0.1) is 11.3 Å². The van der Waals surface area contributed by atoms with Crippen LogP contribution in [0.1, 0.15) is 46.4 Å². The SMILES string of the molecule is CCOc1cc(C(=O)NNC(=O)c2sc3cccc(F)c3c2COC)cc(OCC)c1OCC. The molecule has 3 rings (SSSR count). The third kappa shape index (κ3) is 5.40. The highest BCUT2D eigenvalue weighted by molar-refractivity contribution is 7.21. The van der Waals surface area contributed by atoms with Gasteiger partial charge in [0, 0.05) is 28.3 Å². The Morgan fingerprint density at radius 3 is 2.15 bits per heavy atom. The van der Waals surface area contributed by atoms with Crippen LogP contribution in [0, 0.1) is 5.82 Å². The Morgan fingerprint density at radius 2 is 1.56 bits per heavy atom. The van der Waals surface area contributed by atoms with Gasteiger partial charge in [-0.3, -0.25) is 20.4 Å².